The Morgan fingerprint density at radius 3 is 2.27 bits per heavy atom. The van der Waals surface area contributed by atoms with Gasteiger partial charge in [0.05, 0.1) is 6.54 Å². The fourth-order valence-corrected chi connectivity index (χ4v) is 1.51. The predicted molar refractivity (Wildman–Crippen MR) is 63.7 cm³/mol. The van der Waals surface area contributed by atoms with Crippen molar-refractivity contribution in [3.8, 4) is 0 Å². The van der Waals surface area contributed by atoms with Gasteiger partial charge in [0.25, 0.3) is 0 Å². The van der Waals surface area contributed by atoms with Crippen molar-refractivity contribution in [1.82, 2.24) is 9.80 Å². The molecule has 4 nitrogen and oxygen atoms in total. The normalized spacial score (nSPS) is 10.7. The van der Waals surface area contributed by atoms with Crippen LogP contribution in [0, 0.1) is 0 Å². The van der Waals surface area contributed by atoms with Gasteiger partial charge in [-0.25, -0.2) is 0 Å². The summed E-state index contributed by atoms with van der Waals surface area (Å²) in [5, 5.41) is 0. The molecule has 0 bridgehead atoms. The van der Waals surface area contributed by atoms with E-state index in [9.17, 15) is 4.79 Å². The first-order chi connectivity index (χ1) is 7.15. The third kappa shape index (κ3) is 6.47. The third-order valence-electron chi connectivity index (χ3n) is 2.52. The van der Waals surface area contributed by atoms with E-state index < -0.39 is 0 Å². The molecule has 0 saturated heterocycles. The second-order valence-electron chi connectivity index (χ2n) is 3.80. The Labute approximate surface area is 93.4 Å². The smallest absolute Gasteiger partial charge is 0.236 e. The van der Waals surface area contributed by atoms with E-state index in [1.165, 1.54) is 0 Å². The van der Waals surface area contributed by atoms with Crippen LogP contribution in [0.2, 0.25) is 0 Å². The lowest BCUT2D eigenvalue weighted by Gasteiger charge is -2.22. The van der Waals surface area contributed by atoms with Gasteiger partial charge in [0.1, 0.15) is 0 Å². The van der Waals surface area contributed by atoms with Crippen molar-refractivity contribution in [3.05, 3.63) is 0 Å². The van der Waals surface area contributed by atoms with Crippen LogP contribution in [0.3, 0.4) is 0 Å². The Hall–Kier alpha value is -0.610. The van der Waals surface area contributed by atoms with Gasteiger partial charge in [0.15, 0.2) is 0 Å². The Bertz CT molecular complexity index is 169. The van der Waals surface area contributed by atoms with Crippen LogP contribution in [0.4, 0.5) is 0 Å². The average molecular weight is 215 g/mol. The molecule has 0 aliphatic rings. The van der Waals surface area contributed by atoms with Crippen molar-refractivity contribution in [2.45, 2.75) is 26.7 Å². The molecule has 0 rings (SSSR count). The van der Waals surface area contributed by atoms with Crippen LogP contribution in [-0.2, 0) is 4.79 Å². The number of carbonyl (C=O) groups excluding carboxylic acids is 1. The Kier molecular flexibility index (Phi) is 8.33. The van der Waals surface area contributed by atoms with Crippen LogP contribution in [0.25, 0.3) is 0 Å². The lowest BCUT2D eigenvalue weighted by Crippen LogP contribution is -2.39. The van der Waals surface area contributed by atoms with E-state index in [0.29, 0.717) is 6.54 Å². The maximum atomic E-state index is 11.7. The van der Waals surface area contributed by atoms with Crippen LogP contribution in [0.15, 0.2) is 0 Å². The summed E-state index contributed by atoms with van der Waals surface area (Å²) >= 11 is 0. The van der Waals surface area contributed by atoms with Crippen molar-refractivity contribution >= 4 is 5.91 Å². The van der Waals surface area contributed by atoms with Gasteiger partial charge in [0.2, 0.25) is 5.91 Å². The van der Waals surface area contributed by atoms with E-state index in [1.54, 1.807) is 0 Å². The van der Waals surface area contributed by atoms with Crippen LogP contribution >= 0.6 is 0 Å². The zero-order valence-corrected chi connectivity index (χ0v) is 10.3. The number of nitrogens with two attached hydrogens (primary N) is 1. The van der Waals surface area contributed by atoms with Crippen LogP contribution in [0.5, 0.6) is 0 Å². The molecule has 0 aliphatic heterocycles. The molecule has 0 heterocycles. The van der Waals surface area contributed by atoms with Gasteiger partial charge < -0.3 is 10.6 Å². The van der Waals surface area contributed by atoms with E-state index in [4.69, 9.17) is 5.73 Å². The summed E-state index contributed by atoms with van der Waals surface area (Å²) in [6, 6.07) is 0. The summed E-state index contributed by atoms with van der Waals surface area (Å²) in [6.07, 6.45) is 2.10. The Balaban J connectivity index is 3.74. The molecular formula is C11H25N3O. The molecule has 0 aliphatic carbocycles. The summed E-state index contributed by atoms with van der Waals surface area (Å²) < 4.78 is 0. The minimum atomic E-state index is 0.218. The number of unbranched alkanes of at least 4 members (excludes halogenated alkanes) is 1. The van der Waals surface area contributed by atoms with Crippen molar-refractivity contribution < 1.29 is 4.79 Å². The van der Waals surface area contributed by atoms with Crippen molar-refractivity contribution in [1.29, 1.82) is 0 Å². The first-order valence-corrected chi connectivity index (χ1v) is 5.82. The average Bonchev–Trinajstić information content (AvgIpc) is 2.20. The van der Waals surface area contributed by atoms with Gasteiger partial charge in [0, 0.05) is 13.1 Å². The summed E-state index contributed by atoms with van der Waals surface area (Å²) in [7, 11) is 1.98. The maximum absolute atomic E-state index is 11.7. The first kappa shape index (κ1) is 14.4. The first-order valence-electron chi connectivity index (χ1n) is 5.82. The van der Waals surface area contributed by atoms with Gasteiger partial charge in [-0.05, 0) is 46.8 Å². The molecule has 0 aromatic rings. The highest BCUT2D eigenvalue weighted by atomic mass is 16.2. The van der Waals surface area contributed by atoms with Gasteiger partial charge >= 0.3 is 0 Å². The molecule has 90 valence electrons. The fourth-order valence-electron chi connectivity index (χ4n) is 1.51. The molecule has 15 heavy (non-hydrogen) atoms. The quantitative estimate of drug-likeness (QED) is 0.601. The SMILES string of the molecule is CCN(CC)C(=O)CN(C)CCCCN. The van der Waals surface area contributed by atoms with E-state index >= 15 is 0 Å². The minimum Gasteiger partial charge on any atom is -0.342 e. The molecule has 0 atom stereocenters. The topological polar surface area (TPSA) is 49.6 Å². The Morgan fingerprint density at radius 2 is 1.80 bits per heavy atom. The van der Waals surface area contributed by atoms with Crippen LogP contribution in [-0.4, -0.2) is 55.5 Å². The molecule has 0 radical (unpaired) electrons. The zero-order valence-electron chi connectivity index (χ0n) is 10.3. The number of likely N-dealkylation sites (N-methyl/N-ethyl adjacent to an activating group) is 2. The summed E-state index contributed by atoms with van der Waals surface area (Å²) in [6.45, 7) is 7.82. The third-order valence-corrected chi connectivity index (χ3v) is 2.52. The van der Waals surface area contributed by atoms with Crippen molar-refractivity contribution in [2.75, 3.05) is 39.8 Å². The number of amides is 1. The molecule has 4 heteroatoms. The van der Waals surface area contributed by atoms with Gasteiger partial charge in [-0.3, -0.25) is 9.69 Å². The Morgan fingerprint density at radius 1 is 1.20 bits per heavy atom. The van der Waals surface area contributed by atoms with E-state index in [1.807, 2.05) is 25.8 Å². The molecule has 0 saturated carbocycles. The number of hydrogen-bond acceptors (Lipinski definition) is 3. The number of rotatable bonds is 8. The molecule has 2 N–H and O–H groups in total. The van der Waals surface area contributed by atoms with E-state index in [-0.39, 0.29) is 5.91 Å². The largest absolute Gasteiger partial charge is 0.342 e. The van der Waals surface area contributed by atoms with Crippen molar-refractivity contribution in [3.63, 3.8) is 0 Å². The highest BCUT2D eigenvalue weighted by Gasteiger charge is 2.11. The number of carbonyl (C=O) groups is 1. The van der Waals surface area contributed by atoms with Crippen LogP contribution < -0.4 is 5.73 Å². The molecule has 0 aromatic heterocycles. The van der Waals surface area contributed by atoms with Gasteiger partial charge in [-0.1, -0.05) is 0 Å². The molecule has 0 aromatic carbocycles. The van der Waals surface area contributed by atoms with Crippen LogP contribution in [0.1, 0.15) is 26.7 Å². The van der Waals surface area contributed by atoms with Gasteiger partial charge in [-0.2, -0.15) is 0 Å². The second kappa shape index (κ2) is 8.68. The summed E-state index contributed by atoms with van der Waals surface area (Å²) in [5.74, 6) is 0.218. The van der Waals surface area contributed by atoms with E-state index in [2.05, 4.69) is 4.90 Å². The lowest BCUT2D eigenvalue weighted by atomic mass is 10.3. The van der Waals surface area contributed by atoms with Gasteiger partial charge in [-0.15, -0.1) is 0 Å². The molecular weight excluding hydrogens is 190 g/mol. The number of hydrogen-bond donors (Lipinski definition) is 1. The molecule has 1 amide bonds. The van der Waals surface area contributed by atoms with E-state index in [0.717, 1.165) is 39.0 Å². The summed E-state index contributed by atoms with van der Waals surface area (Å²) in [4.78, 5) is 15.6. The molecule has 0 spiro atoms. The lowest BCUT2D eigenvalue weighted by molar-refractivity contribution is -0.131. The van der Waals surface area contributed by atoms with Crippen molar-refractivity contribution in [2.24, 2.45) is 5.73 Å². The number of nitrogens with zero attached hydrogens (tertiary/aromatic N) is 2. The molecule has 0 fully saturated rings. The standard InChI is InChI=1S/C11H25N3O/c1-4-14(5-2)11(15)10-13(3)9-7-6-8-12/h4-10,12H2,1-3H3. The predicted octanol–water partition coefficient (Wildman–Crippen LogP) is 0.526. The fraction of sp³-hybridized carbons (Fsp3) is 0.909. The second-order valence-corrected chi connectivity index (χ2v) is 3.80. The highest BCUT2D eigenvalue weighted by Crippen LogP contribution is 1.95. The monoisotopic (exact) mass is 215 g/mol. The minimum absolute atomic E-state index is 0.218. The zero-order chi connectivity index (χ0) is 11.7. The highest BCUT2D eigenvalue weighted by molar-refractivity contribution is 5.78. The molecule has 0 unspecified atom stereocenters. The maximum Gasteiger partial charge on any atom is 0.236 e. The summed E-state index contributed by atoms with van der Waals surface area (Å²) in [5.41, 5.74) is 5.41.